The zero-order valence-corrected chi connectivity index (χ0v) is 11.2. The number of nitrogen functional groups attached to an aromatic ring is 1. The minimum Gasteiger partial charge on any atom is -0.308 e. The number of nitrogens with one attached hydrogen (secondary N) is 1. The van der Waals surface area contributed by atoms with Crippen LogP contribution in [-0.2, 0) is 6.42 Å². The Morgan fingerprint density at radius 1 is 1.28 bits per heavy atom. The SMILES string of the molecule is CCc1nc(NN)c(C)c(-n2nc(C)cc2C)n1. The molecule has 0 spiro atoms. The highest BCUT2D eigenvalue weighted by atomic mass is 15.3. The second-order valence-corrected chi connectivity index (χ2v) is 4.27. The summed E-state index contributed by atoms with van der Waals surface area (Å²) >= 11 is 0. The Morgan fingerprint density at radius 3 is 2.50 bits per heavy atom. The molecule has 0 bridgehead atoms. The minimum absolute atomic E-state index is 0.643. The van der Waals surface area contributed by atoms with Gasteiger partial charge in [-0.2, -0.15) is 5.10 Å². The van der Waals surface area contributed by atoms with E-state index in [9.17, 15) is 0 Å². The van der Waals surface area contributed by atoms with Crippen LogP contribution in [0, 0.1) is 20.8 Å². The van der Waals surface area contributed by atoms with Gasteiger partial charge < -0.3 is 5.43 Å². The van der Waals surface area contributed by atoms with Crippen molar-refractivity contribution in [2.45, 2.75) is 34.1 Å². The second kappa shape index (κ2) is 4.73. The summed E-state index contributed by atoms with van der Waals surface area (Å²) in [6, 6.07) is 2.02. The number of nitrogens with two attached hydrogens (primary N) is 1. The van der Waals surface area contributed by atoms with Crippen LogP contribution in [-0.4, -0.2) is 19.7 Å². The van der Waals surface area contributed by atoms with E-state index in [1.165, 1.54) is 0 Å². The standard InChI is InChI=1S/C12H18N6/c1-5-10-14-11(16-13)9(4)12(15-10)18-8(3)6-7(2)17-18/h6H,5,13H2,1-4H3,(H,14,15,16). The molecule has 0 aliphatic carbocycles. The first-order valence-electron chi connectivity index (χ1n) is 5.94. The Labute approximate surface area is 106 Å². The Kier molecular flexibility index (Phi) is 3.29. The quantitative estimate of drug-likeness (QED) is 0.632. The van der Waals surface area contributed by atoms with Gasteiger partial charge in [0.15, 0.2) is 5.82 Å². The van der Waals surface area contributed by atoms with E-state index < -0.39 is 0 Å². The third-order valence-electron chi connectivity index (χ3n) is 2.83. The lowest BCUT2D eigenvalue weighted by molar-refractivity contribution is 0.775. The second-order valence-electron chi connectivity index (χ2n) is 4.27. The molecule has 0 aromatic carbocycles. The minimum atomic E-state index is 0.643. The zero-order valence-electron chi connectivity index (χ0n) is 11.2. The number of aromatic nitrogens is 4. The average Bonchev–Trinajstić information content (AvgIpc) is 2.68. The molecule has 2 aromatic rings. The van der Waals surface area contributed by atoms with Crippen LogP contribution in [0.4, 0.5) is 5.82 Å². The van der Waals surface area contributed by atoms with Crippen LogP contribution in [0.1, 0.15) is 29.7 Å². The van der Waals surface area contributed by atoms with Crippen LogP contribution < -0.4 is 11.3 Å². The molecule has 18 heavy (non-hydrogen) atoms. The highest BCUT2D eigenvalue weighted by Crippen LogP contribution is 2.20. The predicted molar refractivity (Wildman–Crippen MR) is 70.6 cm³/mol. The fourth-order valence-corrected chi connectivity index (χ4v) is 1.90. The monoisotopic (exact) mass is 246 g/mol. The molecular weight excluding hydrogens is 228 g/mol. The van der Waals surface area contributed by atoms with Crippen molar-refractivity contribution in [3.8, 4) is 5.82 Å². The van der Waals surface area contributed by atoms with Gasteiger partial charge in [0, 0.05) is 17.7 Å². The maximum atomic E-state index is 5.49. The lowest BCUT2D eigenvalue weighted by Gasteiger charge is -2.12. The third kappa shape index (κ3) is 2.06. The molecule has 0 amide bonds. The van der Waals surface area contributed by atoms with Gasteiger partial charge >= 0.3 is 0 Å². The fraction of sp³-hybridized carbons (Fsp3) is 0.417. The van der Waals surface area contributed by atoms with E-state index in [2.05, 4.69) is 20.5 Å². The Bertz CT molecular complexity index is 572. The van der Waals surface area contributed by atoms with Gasteiger partial charge in [-0.1, -0.05) is 6.92 Å². The van der Waals surface area contributed by atoms with E-state index >= 15 is 0 Å². The Balaban J connectivity index is 2.66. The average molecular weight is 246 g/mol. The first-order chi connectivity index (χ1) is 8.56. The van der Waals surface area contributed by atoms with E-state index in [1.54, 1.807) is 0 Å². The molecule has 0 saturated carbocycles. The van der Waals surface area contributed by atoms with Crippen LogP contribution in [0.2, 0.25) is 0 Å². The number of hydrogen-bond donors (Lipinski definition) is 2. The van der Waals surface area contributed by atoms with Gasteiger partial charge in [0.1, 0.15) is 11.6 Å². The van der Waals surface area contributed by atoms with Gasteiger partial charge in [0.05, 0.1) is 5.69 Å². The molecule has 0 unspecified atom stereocenters. The van der Waals surface area contributed by atoms with Crippen LogP contribution in [0.3, 0.4) is 0 Å². The van der Waals surface area contributed by atoms with Crippen molar-refractivity contribution < 1.29 is 0 Å². The molecule has 0 fully saturated rings. The lowest BCUT2D eigenvalue weighted by atomic mass is 10.3. The van der Waals surface area contributed by atoms with Crippen molar-refractivity contribution in [2.24, 2.45) is 5.84 Å². The van der Waals surface area contributed by atoms with Crippen LogP contribution in [0.25, 0.3) is 5.82 Å². The van der Waals surface area contributed by atoms with E-state index in [1.807, 2.05) is 38.4 Å². The van der Waals surface area contributed by atoms with E-state index in [4.69, 9.17) is 5.84 Å². The molecule has 2 rings (SSSR count). The van der Waals surface area contributed by atoms with Crippen molar-refractivity contribution in [3.05, 3.63) is 28.8 Å². The highest BCUT2D eigenvalue weighted by molar-refractivity contribution is 5.51. The van der Waals surface area contributed by atoms with Gasteiger partial charge in [0.2, 0.25) is 0 Å². The molecular formula is C12H18N6. The summed E-state index contributed by atoms with van der Waals surface area (Å²) < 4.78 is 1.83. The third-order valence-corrected chi connectivity index (χ3v) is 2.83. The zero-order chi connectivity index (χ0) is 13.3. The summed E-state index contributed by atoms with van der Waals surface area (Å²) in [6.45, 7) is 7.90. The summed E-state index contributed by atoms with van der Waals surface area (Å²) in [5.41, 5.74) is 5.51. The molecule has 2 aromatic heterocycles. The largest absolute Gasteiger partial charge is 0.308 e. The number of aryl methyl sites for hydroxylation is 3. The number of anilines is 1. The van der Waals surface area contributed by atoms with E-state index in [-0.39, 0.29) is 0 Å². The smallest absolute Gasteiger partial charge is 0.162 e. The van der Waals surface area contributed by atoms with E-state index in [0.717, 1.165) is 35.0 Å². The number of hydrazine groups is 1. The van der Waals surface area contributed by atoms with Crippen molar-refractivity contribution in [1.29, 1.82) is 0 Å². The maximum absolute atomic E-state index is 5.49. The molecule has 96 valence electrons. The maximum Gasteiger partial charge on any atom is 0.162 e. The Hall–Kier alpha value is -1.95. The summed E-state index contributed by atoms with van der Waals surface area (Å²) in [6.07, 6.45) is 0.751. The topological polar surface area (TPSA) is 81.6 Å². The lowest BCUT2D eigenvalue weighted by Crippen LogP contribution is -2.16. The van der Waals surface area contributed by atoms with Crippen LogP contribution in [0.5, 0.6) is 0 Å². The first-order valence-corrected chi connectivity index (χ1v) is 5.94. The molecule has 3 N–H and O–H groups in total. The molecule has 0 aliphatic rings. The van der Waals surface area contributed by atoms with Crippen LogP contribution in [0.15, 0.2) is 6.07 Å². The van der Waals surface area contributed by atoms with Crippen molar-refractivity contribution in [3.63, 3.8) is 0 Å². The number of rotatable bonds is 3. The predicted octanol–water partition coefficient (Wildman–Crippen LogP) is 1.44. The number of hydrogen-bond acceptors (Lipinski definition) is 5. The molecule has 0 saturated heterocycles. The van der Waals surface area contributed by atoms with Crippen molar-refractivity contribution in [1.82, 2.24) is 19.7 Å². The molecule has 6 heteroatoms. The highest BCUT2D eigenvalue weighted by Gasteiger charge is 2.13. The van der Waals surface area contributed by atoms with Crippen molar-refractivity contribution >= 4 is 5.82 Å². The van der Waals surface area contributed by atoms with E-state index in [0.29, 0.717) is 5.82 Å². The molecule has 0 radical (unpaired) electrons. The summed E-state index contributed by atoms with van der Waals surface area (Å²) in [7, 11) is 0. The fourth-order valence-electron chi connectivity index (χ4n) is 1.90. The molecule has 0 aliphatic heterocycles. The summed E-state index contributed by atoms with van der Waals surface area (Å²) in [4.78, 5) is 8.88. The van der Waals surface area contributed by atoms with Gasteiger partial charge in [-0.15, -0.1) is 0 Å². The van der Waals surface area contributed by atoms with Gasteiger partial charge in [0.25, 0.3) is 0 Å². The van der Waals surface area contributed by atoms with Crippen molar-refractivity contribution in [2.75, 3.05) is 5.43 Å². The molecule has 6 nitrogen and oxygen atoms in total. The van der Waals surface area contributed by atoms with Gasteiger partial charge in [-0.3, -0.25) is 0 Å². The molecule has 0 atom stereocenters. The number of nitrogens with zero attached hydrogens (tertiary/aromatic N) is 4. The Morgan fingerprint density at radius 2 is 2.00 bits per heavy atom. The van der Waals surface area contributed by atoms with Gasteiger partial charge in [-0.25, -0.2) is 20.5 Å². The summed E-state index contributed by atoms with van der Waals surface area (Å²) in [5.74, 6) is 7.66. The normalized spacial score (nSPS) is 10.7. The molecule has 2 heterocycles. The first kappa shape index (κ1) is 12.5. The summed E-state index contributed by atoms with van der Waals surface area (Å²) in [5, 5.41) is 4.45. The van der Waals surface area contributed by atoms with Gasteiger partial charge in [-0.05, 0) is 26.8 Å². The van der Waals surface area contributed by atoms with Crippen LogP contribution >= 0.6 is 0 Å².